The molecule has 0 bridgehead atoms. The topological polar surface area (TPSA) is 63.6 Å². The van der Waals surface area contributed by atoms with Crippen molar-refractivity contribution in [1.29, 1.82) is 0 Å². The molecule has 4 aromatic rings. The Morgan fingerprint density at radius 2 is 1.67 bits per heavy atom. The van der Waals surface area contributed by atoms with Gasteiger partial charge in [0.1, 0.15) is 0 Å². The Hall–Kier alpha value is -3.19. The molecule has 0 spiro atoms. The average molecular weight is 545 g/mol. The highest BCUT2D eigenvalue weighted by Gasteiger charge is 2.20. The van der Waals surface area contributed by atoms with Gasteiger partial charge in [0.15, 0.2) is 5.75 Å². The maximum atomic E-state index is 13.2. The first-order chi connectivity index (χ1) is 17.3. The van der Waals surface area contributed by atoms with Gasteiger partial charge in [0.25, 0.3) is 5.91 Å². The molecule has 1 N–H and O–H groups in total. The third kappa shape index (κ3) is 5.46. The van der Waals surface area contributed by atoms with Crippen molar-refractivity contribution >= 4 is 63.4 Å². The molecular formula is C27H24Cl3N3O3. The van der Waals surface area contributed by atoms with E-state index in [1.54, 1.807) is 23.1 Å². The minimum atomic E-state index is -0.500. The van der Waals surface area contributed by atoms with Crippen LogP contribution in [0, 0.1) is 0 Å². The third-order valence-corrected chi connectivity index (χ3v) is 6.96. The molecule has 0 unspecified atom stereocenters. The molecule has 3 aromatic carbocycles. The first-order valence-corrected chi connectivity index (χ1v) is 12.5. The Kier molecular flexibility index (Phi) is 8.09. The van der Waals surface area contributed by atoms with Crippen LogP contribution >= 0.6 is 34.8 Å². The normalized spacial score (nSPS) is 10.9. The van der Waals surface area contributed by atoms with E-state index in [0.29, 0.717) is 46.3 Å². The van der Waals surface area contributed by atoms with Crippen LogP contribution in [0.1, 0.15) is 29.8 Å². The second-order valence-electron chi connectivity index (χ2n) is 8.03. The smallest absolute Gasteiger partial charge is 0.408 e. The van der Waals surface area contributed by atoms with Crippen molar-refractivity contribution < 1.29 is 14.3 Å². The molecule has 0 aliphatic rings. The lowest BCUT2D eigenvalue weighted by Crippen LogP contribution is -2.33. The van der Waals surface area contributed by atoms with Crippen LogP contribution in [0.4, 0.5) is 10.5 Å². The molecule has 0 aliphatic heterocycles. The minimum absolute atomic E-state index is 0.239. The highest BCUT2D eigenvalue weighted by molar-refractivity contribution is 6.42. The summed E-state index contributed by atoms with van der Waals surface area (Å²) in [6, 6.07) is 17.6. The number of aromatic nitrogens is 1. The highest BCUT2D eigenvalue weighted by atomic mass is 35.5. The summed E-state index contributed by atoms with van der Waals surface area (Å²) in [5.74, 6) is -0.177. The number of amides is 2. The molecule has 6 nitrogen and oxygen atoms in total. The first kappa shape index (κ1) is 25.9. The van der Waals surface area contributed by atoms with Gasteiger partial charge in [-0.25, -0.2) is 4.79 Å². The molecule has 36 heavy (non-hydrogen) atoms. The van der Waals surface area contributed by atoms with E-state index < -0.39 is 12.0 Å². The number of carbonyl (C=O) groups is 2. The number of hydrogen-bond acceptors (Lipinski definition) is 3. The van der Waals surface area contributed by atoms with E-state index in [0.717, 1.165) is 11.1 Å². The average Bonchev–Trinajstić information content (AvgIpc) is 3.27. The van der Waals surface area contributed by atoms with Crippen LogP contribution in [0.15, 0.2) is 66.9 Å². The number of nitrogens with zero attached hydrogens (tertiary/aromatic N) is 2. The lowest BCUT2D eigenvalue weighted by molar-refractivity contribution is 0.102. The van der Waals surface area contributed by atoms with E-state index in [4.69, 9.17) is 39.5 Å². The molecule has 0 fully saturated rings. The molecule has 0 saturated heterocycles. The Labute approximate surface area is 224 Å². The molecule has 0 atom stereocenters. The van der Waals surface area contributed by atoms with Crippen molar-refractivity contribution in [3.8, 4) is 5.75 Å². The molecule has 1 aromatic heterocycles. The summed E-state index contributed by atoms with van der Waals surface area (Å²) in [4.78, 5) is 27.4. The quantitative estimate of drug-likeness (QED) is 0.259. The lowest BCUT2D eigenvalue weighted by Gasteiger charge is -2.20. The number of halogens is 3. The van der Waals surface area contributed by atoms with Gasteiger partial charge in [-0.2, -0.15) is 0 Å². The van der Waals surface area contributed by atoms with Gasteiger partial charge in [0.2, 0.25) is 0 Å². The van der Waals surface area contributed by atoms with E-state index in [-0.39, 0.29) is 10.8 Å². The van der Waals surface area contributed by atoms with Gasteiger partial charge in [0, 0.05) is 41.8 Å². The summed E-state index contributed by atoms with van der Waals surface area (Å²) < 4.78 is 7.73. The summed E-state index contributed by atoms with van der Waals surface area (Å²) >= 11 is 18.5. The van der Waals surface area contributed by atoms with Crippen molar-refractivity contribution in [1.82, 2.24) is 9.47 Å². The predicted molar refractivity (Wildman–Crippen MR) is 146 cm³/mol. The summed E-state index contributed by atoms with van der Waals surface area (Å²) in [7, 11) is 0. The van der Waals surface area contributed by atoms with Crippen LogP contribution in [-0.2, 0) is 6.54 Å². The van der Waals surface area contributed by atoms with Crippen LogP contribution < -0.4 is 10.1 Å². The van der Waals surface area contributed by atoms with Crippen LogP contribution in [0.3, 0.4) is 0 Å². The molecular weight excluding hydrogens is 521 g/mol. The SMILES string of the molecule is CCN(CC)C(=O)Oc1ccc2c(ccn2Cc2ccccc2Cl)c1NC(=O)c1ccc(Cl)c(Cl)c1. The number of carbonyl (C=O) groups excluding carboxylic acids is 2. The molecule has 0 saturated carbocycles. The van der Waals surface area contributed by atoms with Gasteiger partial charge >= 0.3 is 6.09 Å². The van der Waals surface area contributed by atoms with Crippen LogP contribution in [0.25, 0.3) is 10.9 Å². The fourth-order valence-corrected chi connectivity index (χ4v) is 4.37. The fraction of sp³-hybridized carbons (Fsp3) is 0.185. The van der Waals surface area contributed by atoms with E-state index in [9.17, 15) is 9.59 Å². The Morgan fingerprint density at radius 1 is 0.917 bits per heavy atom. The van der Waals surface area contributed by atoms with Gasteiger partial charge < -0.3 is 19.5 Å². The number of anilines is 1. The monoisotopic (exact) mass is 543 g/mol. The molecule has 0 aliphatic carbocycles. The highest BCUT2D eigenvalue weighted by Crippen LogP contribution is 2.36. The van der Waals surface area contributed by atoms with Gasteiger partial charge in [-0.05, 0) is 61.9 Å². The summed E-state index contributed by atoms with van der Waals surface area (Å²) in [6.45, 7) is 5.26. The summed E-state index contributed by atoms with van der Waals surface area (Å²) in [5.41, 5.74) is 2.48. The maximum Gasteiger partial charge on any atom is 0.415 e. The van der Waals surface area contributed by atoms with Crippen LogP contribution in [0.2, 0.25) is 15.1 Å². The van der Waals surface area contributed by atoms with E-state index >= 15 is 0 Å². The zero-order valence-corrected chi connectivity index (χ0v) is 22.0. The molecule has 9 heteroatoms. The third-order valence-electron chi connectivity index (χ3n) is 5.85. The van der Waals surface area contributed by atoms with Crippen molar-refractivity contribution in [2.24, 2.45) is 0 Å². The minimum Gasteiger partial charge on any atom is -0.408 e. The van der Waals surface area contributed by atoms with Crippen LogP contribution in [-0.4, -0.2) is 34.6 Å². The van der Waals surface area contributed by atoms with Gasteiger partial charge in [0.05, 0.1) is 21.2 Å². The molecule has 4 rings (SSSR count). The second-order valence-corrected chi connectivity index (χ2v) is 9.25. The van der Waals surface area contributed by atoms with Gasteiger partial charge in [-0.3, -0.25) is 4.79 Å². The maximum absolute atomic E-state index is 13.2. The number of hydrogen-bond donors (Lipinski definition) is 1. The van der Waals surface area contributed by atoms with Crippen molar-refractivity contribution in [2.45, 2.75) is 20.4 Å². The van der Waals surface area contributed by atoms with Crippen molar-refractivity contribution in [3.63, 3.8) is 0 Å². The second kappa shape index (κ2) is 11.2. The van der Waals surface area contributed by atoms with E-state index in [1.807, 2.05) is 61.0 Å². The number of nitrogens with one attached hydrogen (secondary N) is 1. The lowest BCUT2D eigenvalue weighted by atomic mass is 10.1. The number of fused-ring (bicyclic) bond motifs is 1. The largest absolute Gasteiger partial charge is 0.415 e. The van der Waals surface area contributed by atoms with Gasteiger partial charge in [-0.15, -0.1) is 0 Å². The summed E-state index contributed by atoms with van der Waals surface area (Å²) in [6.07, 6.45) is 1.40. The molecule has 0 radical (unpaired) electrons. The standard InChI is InChI=1S/C27H24Cl3N3O3/c1-3-32(4-2)27(35)36-24-12-11-23-19(13-14-33(23)16-18-7-5-6-8-20(18)28)25(24)31-26(34)17-9-10-21(29)22(30)15-17/h5-15H,3-4,16H2,1-2H3,(H,31,34). The molecule has 1 heterocycles. The van der Waals surface area contributed by atoms with Gasteiger partial charge in [-0.1, -0.05) is 53.0 Å². The zero-order valence-electron chi connectivity index (χ0n) is 19.7. The number of ether oxygens (including phenoxy) is 1. The first-order valence-electron chi connectivity index (χ1n) is 11.4. The van der Waals surface area contributed by atoms with Crippen molar-refractivity contribution in [2.75, 3.05) is 18.4 Å². The Morgan fingerprint density at radius 3 is 2.36 bits per heavy atom. The molecule has 186 valence electrons. The van der Waals surface area contributed by atoms with Crippen molar-refractivity contribution in [3.05, 3.63) is 93.1 Å². The molecule has 2 amide bonds. The Balaban J connectivity index is 1.75. The van der Waals surface area contributed by atoms with E-state index in [1.165, 1.54) is 6.07 Å². The fourth-order valence-electron chi connectivity index (χ4n) is 3.88. The van der Waals surface area contributed by atoms with Crippen LogP contribution in [0.5, 0.6) is 5.75 Å². The Bertz CT molecular complexity index is 1430. The zero-order chi connectivity index (χ0) is 25.8. The number of benzene rings is 3. The number of rotatable bonds is 7. The predicted octanol–water partition coefficient (Wildman–Crippen LogP) is 7.74. The summed E-state index contributed by atoms with van der Waals surface area (Å²) in [5, 5.41) is 4.90. The van der Waals surface area contributed by atoms with E-state index in [2.05, 4.69) is 5.32 Å².